The van der Waals surface area contributed by atoms with Crippen molar-refractivity contribution >= 4 is 5.82 Å². The molecule has 2 aromatic heterocycles. The molecule has 2 N–H and O–H groups in total. The maximum atomic E-state index is 10.8. The molecule has 0 radical (unpaired) electrons. The highest BCUT2D eigenvalue weighted by molar-refractivity contribution is 5.47. The van der Waals surface area contributed by atoms with Crippen molar-refractivity contribution in [3.63, 3.8) is 0 Å². The fourth-order valence-electron chi connectivity index (χ4n) is 1.45. The van der Waals surface area contributed by atoms with Crippen LogP contribution in [-0.4, -0.2) is 41.4 Å². The van der Waals surface area contributed by atoms with Gasteiger partial charge < -0.3 is 15.2 Å². The van der Waals surface area contributed by atoms with Gasteiger partial charge in [-0.25, -0.2) is 14.5 Å². The van der Waals surface area contributed by atoms with E-state index >= 15 is 0 Å². The van der Waals surface area contributed by atoms with E-state index in [2.05, 4.69) is 20.2 Å². The lowest BCUT2D eigenvalue weighted by molar-refractivity contribution is -0.392. The molecule has 0 aromatic carbocycles. The summed E-state index contributed by atoms with van der Waals surface area (Å²) in [5.74, 6) is 0.914. The number of nitrogens with one attached hydrogen (secondary N) is 1. The summed E-state index contributed by atoms with van der Waals surface area (Å²) >= 11 is 0. The molecule has 9 heteroatoms. The molecule has 0 aliphatic heterocycles. The number of hydrogen-bond acceptors (Lipinski definition) is 6. The highest BCUT2D eigenvalue weighted by Gasteiger charge is 2.23. The lowest BCUT2D eigenvalue weighted by Crippen LogP contribution is -2.08. The van der Waals surface area contributed by atoms with Gasteiger partial charge in [-0.05, 0) is 11.8 Å². The Balaban J connectivity index is 2.50. The third-order valence-corrected chi connectivity index (χ3v) is 2.14. The van der Waals surface area contributed by atoms with E-state index in [0.29, 0.717) is 5.82 Å². The van der Waals surface area contributed by atoms with Crippen molar-refractivity contribution in [1.82, 2.24) is 24.7 Å². The lowest BCUT2D eigenvalue weighted by atomic mass is 10.5. The normalized spacial score (nSPS) is 10.7. The molecule has 0 aliphatic carbocycles. The van der Waals surface area contributed by atoms with Gasteiger partial charge in [0.05, 0.1) is 6.61 Å². The highest BCUT2D eigenvalue weighted by Crippen LogP contribution is 2.20. The number of aromatic nitrogens is 5. The highest BCUT2D eigenvalue weighted by atomic mass is 16.6. The summed E-state index contributed by atoms with van der Waals surface area (Å²) in [5.41, 5.74) is 0. The zero-order chi connectivity index (χ0) is 12.4. The maximum absolute atomic E-state index is 10.8. The van der Waals surface area contributed by atoms with Gasteiger partial charge in [0, 0.05) is 0 Å². The molecule has 2 rings (SSSR count). The minimum Gasteiger partial charge on any atom is -0.392 e. The number of rotatable bonds is 4. The summed E-state index contributed by atoms with van der Waals surface area (Å²) in [4.78, 5) is 18.1. The number of aromatic amines is 1. The number of aliphatic hydroxyl groups excluding tert-OH is 1. The van der Waals surface area contributed by atoms with E-state index in [1.807, 2.05) is 0 Å². The molecular weight excluding hydrogens is 228 g/mol. The predicted molar refractivity (Wildman–Crippen MR) is 56.1 cm³/mol. The molecule has 0 fully saturated rings. The van der Waals surface area contributed by atoms with Crippen LogP contribution < -0.4 is 0 Å². The molecule has 0 spiro atoms. The first-order chi connectivity index (χ1) is 8.13. The number of imidazole rings is 1. The Hall–Kier alpha value is -2.29. The van der Waals surface area contributed by atoms with Gasteiger partial charge in [0.15, 0.2) is 0 Å². The van der Waals surface area contributed by atoms with E-state index in [1.54, 1.807) is 6.92 Å². The largest absolute Gasteiger partial charge is 0.392 e. The average molecular weight is 238 g/mol. The Kier molecular flexibility index (Phi) is 2.83. The quantitative estimate of drug-likeness (QED) is 0.565. The number of aliphatic hydroxyl groups is 1. The van der Waals surface area contributed by atoms with Crippen molar-refractivity contribution in [2.45, 2.75) is 13.5 Å². The summed E-state index contributed by atoms with van der Waals surface area (Å²) in [7, 11) is 0. The second kappa shape index (κ2) is 4.29. The fourth-order valence-corrected chi connectivity index (χ4v) is 1.45. The van der Waals surface area contributed by atoms with Crippen molar-refractivity contribution < 1.29 is 10.0 Å². The maximum Gasteiger partial charge on any atom is 0.343 e. The Labute approximate surface area is 95.3 Å². The first kappa shape index (κ1) is 11.2. The third kappa shape index (κ3) is 1.99. The summed E-state index contributed by atoms with van der Waals surface area (Å²) in [6, 6.07) is 0. The molecule has 0 unspecified atom stereocenters. The molecule has 9 nitrogen and oxygen atoms in total. The Morgan fingerprint density at radius 2 is 2.41 bits per heavy atom. The van der Waals surface area contributed by atoms with Crippen LogP contribution in [0.25, 0.3) is 11.6 Å². The van der Waals surface area contributed by atoms with Crippen LogP contribution in [0.15, 0.2) is 6.20 Å². The second-order valence-corrected chi connectivity index (χ2v) is 3.32. The number of hydrogen-bond donors (Lipinski definition) is 2. The fraction of sp³-hybridized carbons (Fsp3) is 0.375. The minimum atomic E-state index is -0.564. The van der Waals surface area contributed by atoms with Gasteiger partial charge in [-0.1, -0.05) is 0 Å². The summed E-state index contributed by atoms with van der Waals surface area (Å²) < 4.78 is 1.27. The SMILES string of the molecule is Cc1nc(-c2ncc([N+](=O)[O-])n2CCO)n[nH]1. The van der Waals surface area contributed by atoms with Crippen LogP contribution in [0, 0.1) is 17.0 Å². The predicted octanol–water partition coefficient (Wildman–Crippen LogP) is -0.123. The Morgan fingerprint density at radius 3 is 2.94 bits per heavy atom. The topological polar surface area (TPSA) is 123 Å². The van der Waals surface area contributed by atoms with Crippen molar-refractivity contribution in [2.75, 3.05) is 6.61 Å². The molecule has 2 aromatic rings. The zero-order valence-corrected chi connectivity index (χ0v) is 8.99. The van der Waals surface area contributed by atoms with Crippen molar-refractivity contribution in [3.8, 4) is 11.6 Å². The molecule has 17 heavy (non-hydrogen) atoms. The molecule has 0 aliphatic rings. The molecule has 90 valence electrons. The molecule has 0 atom stereocenters. The van der Waals surface area contributed by atoms with Crippen LogP contribution in [0.4, 0.5) is 5.82 Å². The lowest BCUT2D eigenvalue weighted by Gasteiger charge is -1.99. The van der Waals surface area contributed by atoms with Crippen molar-refractivity contribution in [2.24, 2.45) is 0 Å². The van der Waals surface area contributed by atoms with Crippen LogP contribution in [0.3, 0.4) is 0 Å². The van der Waals surface area contributed by atoms with E-state index in [0.717, 1.165) is 6.20 Å². The van der Waals surface area contributed by atoms with Gasteiger partial charge in [0.1, 0.15) is 18.6 Å². The van der Waals surface area contributed by atoms with E-state index in [4.69, 9.17) is 5.11 Å². The van der Waals surface area contributed by atoms with E-state index < -0.39 is 4.92 Å². The monoisotopic (exact) mass is 238 g/mol. The smallest absolute Gasteiger partial charge is 0.343 e. The van der Waals surface area contributed by atoms with Crippen LogP contribution in [0.2, 0.25) is 0 Å². The molecule has 0 amide bonds. The zero-order valence-electron chi connectivity index (χ0n) is 8.99. The number of aryl methyl sites for hydroxylation is 1. The van der Waals surface area contributed by atoms with Gasteiger partial charge in [-0.15, -0.1) is 5.10 Å². The van der Waals surface area contributed by atoms with Crippen LogP contribution in [0.1, 0.15) is 5.82 Å². The minimum absolute atomic E-state index is 0.0687. The molecular formula is C8H10N6O3. The van der Waals surface area contributed by atoms with E-state index in [9.17, 15) is 10.1 Å². The Bertz CT molecular complexity index is 545. The van der Waals surface area contributed by atoms with Crippen molar-refractivity contribution in [3.05, 3.63) is 22.1 Å². The molecule has 0 bridgehead atoms. The van der Waals surface area contributed by atoms with Gasteiger partial charge in [0.25, 0.3) is 5.82 Å². The van der Waals surface area contributed by atoms with Crippen LogP contribution in [-0.2, 0) is 6.54 Å². The second-order valence-electron chi connectivity index (χ2n) is 3.32. The molecule has 0 saturated heterocycles. The van der Waals surface area contributed by atoms with E-state index in [-0.39, 0.29) is 30.6 Å². The summed E-state index contributed by atoms with van der Waals surface area (Å²) in [5, 5.41) is 26.2. The summed E-state index contributed by atoms with van der Waals surface area (Å²) in [6.45, 7) is 1.55. The molecule has 0 saturated carbocycles. The first-order valence-corrected chi connectivity index (χ1v) is 4.83. The van der Waals surface area contributed by atoms with Gasteiger partial charge in [0.2, 0.25) is 5.82 Å². The standard InChI is InChI=1S/C8H10N6O3/c1-5-10-7(12-11-5)8-9-4-6(14(16)17)13(8)2-3-15/h4,15H,2-3H2,1H3,(H,10,11,12). The van der Waals surface area contributed by atoms with Gasteiger partial charge in [-0.2, -0.15) is 0 Å². The molecule has 2 heterocycles. The van der Waals surface area contributed by atoms with Crippen LogP contribution >= 0.6 is 0 Å². The van der Waals surface area contributed by atoms with Gasteiger partial charge in [-0.3, -0.25) is 5.10 Å². The van der Waals surface area contributed by atoms with Crippen molar-refractivity contribution in [1.29, 1.82) is 0 Å². The third-order valence-electron chi connectivity index (χ3n) is 2.14. The van der Waals surface area contributed by atoms with Gasteiger partial charge >= 0.3 is 5.82 Å². The van der Waals surface area contributed by atoms with E-state index in [1.165, 1.54) is 4.57 Å². The average Bonchev–Trinajstić information content (AvgIpc) is 2.85. The Morgan fingerprint density at radius 1 is 1.65 bits per heavy atom. The number of H-pyrrole nitrogens is 1. The van der Waals surface area contributed by atoms with Crippen LogP contribution in [0.5, 0.6) is 0 Å². The number of nitrogens with zero attached hydrogens (tertiary/aromatic N) is 5. The summed E-state index contributed by atoms with van der Waals surface area (Å²) in [6.07, 6.45) is 1.12. The number of nitro groups is 1. The first-order valence-electron chi connectivity index (χ1n) is 4.83.